The van der Waals surface area contributed by atoms with E-state index >= 15 is 0 Å². The molecule has 2 heterocycles. The van der Waals surface area contributed by atoms with Gasteiger partial charge in [-0.1, -0.05) is 18.0 Å². The zero-order valence-electron chi connectivity index (χ0n) is 10.8. The molecule has 7 nitrogen and oxygen atoms in total. The van der Waals surface area contributed by atoms with Gasteiger partial charge in [0.1, 0.15) is 12.3 Å². The van der Waals surface area contributed by atoms with Gasteiger partial charge < -0.3 is 15.0 Å². The maximum absolute atomic E-state index is 10.9. The molecule has 0 aromatic carbocycles. The molecule has 1 aromatic rings. The first-order chi connectivity index (χ1) is 9.18. The van der Waals surface area contributed by atoms with E-state index in [-0.39, 0.29) is 17.8 Å². The predicted octanol–water partition coefficient (Wildman–Crippen LogP) is 2.01. The van der Waals surface area contributed by atoms with Crippen molar-refractivity contribution < 1.29 is 9.76 Å². The van der Waals surface area contributed by atoms with Crippen molar-refractivity contribution in [2.45, 2.75) is 38.2 Å². The van der Waals surface area contributed by atoms with Crippen LogP contribution in [-0.4, -0.2) is 26.3 Å². The second kappa shape index (κ2) is 4.64. The zero-order valence-corrected chi connectivity index (χ0v) is 10.8. The molecule has 0 amide bonds. The molecule has 1 fully saturated rings. The van der Waals surface area contributed by atoms with Gasteiger partial charge in [0.25, 0.3) is 0 Å². The standard InChI is InChI=1S/C12H16N4O3/c1-15-10(16(17)18)7-13-12(15)11-8-5-3-2-4-6-9(8)19-14-11/h7-9H,2-6H2,1H3/t8-,9+/m0/s1. The number of fused-ring (bicyclic) bond motifs is 1. The van der Waals surface area contributed by atoms with Crippen LogP contribution in [0.2, 0.25) is 0 Å². The predicted molar refractivity (Wildman–Crippen MR) is 67.8 cm³/mol. The van der Waals surface area contributed by atoms with Crippen molar-refractivity contribution in [3.8, 4) is 0 Å². The minimum Gasteiger partial charge on any atom is -0.391 e. The van der Waals surface area contributed by atoms with Crippen LogP contribution in [0.25, 0.3) is 0 Å². The van der Waals surface area contributed by atoms with E-state index in [4.69, 9.17) is 4.84 Å². The third kappa shape index (κ3) is 1.98. The highest BCUT2D eigenvalue weighted by Crippen LogP contribution is 2.33. The molecule has 19 heavy (non-hydrogen) atoms. The molecule has 1 saturated carbocycles. The summed E-state index contributed by atoms with van der Waals surface area (Å²) in [6.07, 6.45) is 6.94. The summed E-state index contributed by atoms with van der Waals surface area (Å²) in [5, 5.41) is 15.0. The van der Waals surface area contributed by atoms with Gasteiger partial charge in [0.2, 0.25) is 5.82 Å². The number of hydrogen-bond acceptors (Lipinski definition) is 5. The van der Waals surface area contributed by atoms with E-state index in [0.29, 0.717) is 5.82 Å². The van der Waals surface area contributed by atoms with Crippen LogP contribution in [0.1, 0.15) is 37.9 Å². The van der Waals surface area contributed by atoms with Crippen molar-refractivity contribution in [2.75, 3.05) is 0 Å². The third-order valence-electron chi connectivity index (χ3n) is 3.97. The minimum absolute atomic E-state index is 0.0187. The number of nitrogens with zero attached hydrogens (tertiary/aromatic N) is 4. The lowest BCUT2D eigenvalue weighted by Gasteiger charge is -2.13. The van der Waals surface area contributed by atoms with Crippen LogP contribution in [0.15, 0.2) is 11.4 Å². The average molecular weight is 264 g/mol. The summed E-state index contributed by atoms with van der Waals surface area (Å²) in [5.74, 6) is 0.763. The Morgan fingerprint density at radius 3 is 2.95 bits per heavy atom. The minimum atomic E-state index is -0.433. The van der Waals surface area contributed by atoms with E-state index < -0.39 is 4.92 Å². The fourth-order valence-electron chi connectivity index (χ4n) is 2.92. The Hall–Kier alpha value is -1.92. The van der Waals surface area contributed by atoms with Gasteiger partial charge in [-0.2, -0.15) is 0 Å². The summed E-state index contributed by atoms with van der Waals surface area (Å²) in [6.45, 7) is 0. The van der Waals surface area contributed by atoms with Crippen molar-refractivity contribution in [3.05, 3.63) is 22.1 Å². The first-order valence-electron chi connectivity index (χ1n) is 6.58. The highest BCUT2D eigenvalue weighted by atomic mass is 16.6. The normalized spacial score (nSPS) is 26.3. The van der Waals surface area contributed by atoms with Crippen LogP contribution in [-0.2, 0) is 11.9 Å². The Labute approximate surface area is 110 Å². The Bertz CT molecular complexity index is 537. The van der Waals surface area contributed by atoms with Crippen LogP contribution < -0.4 is 0 Å². The molecule has 0 N–H and O–H groups in total. The number of hydrogen-bond donors (Lipinski definition) is 0. The van der Waals surface area contributed by atoms with Crippen molar-refractivity contribution in [1.82, 2.24) is 9.55 Å². The molecule has 2 aliphatic rings. The number of aromatic nitrogens is 2. The Morgan fingerprint density at radius 2 is 2.21 bits per heavy atom. The molecule has 102 valence electrons. The molecular weight excluding hydrogens is 248 g/mol. The number of nitro groups is 1. The average Bonchev–Trinajstić information content (AvgIpc) is 2.85. The smallest absolute Gasteiger partial charge is 0.342 e. The van der Waals surface area contributed by atoms with Gasteiger partial charge in [0, 0.05) is 0 Å². The van der Waals surface area contributed by atoms with Crippen molar-refractivity contribution in [3.63, 3.8) is 0 Å². The Balaban J connectivity index is 1.92. The summed E-state index contributed by atoms with van der Waals surface area (Å²) in [4.78, 5) is 20.1. The topological polar surface area (TPSA) is 82.5 Å². The van der Waals surface area contributed by atoms with Crippen LogP contribution in [0, 0.1) is 16.0 Å². The molecule has 7 heteroatoms. The van der Waals surface area contributed by atoms with Gasteiger partial charge in [-0.15, -0.1) is 0 Å². The molecule has 1 aromatic heterocycles. The fourth-order valence-corrected chi connectivity index (χ4v) is 2.92. The van der Waals surface area contributed by atoms with Crippen LogP contribution in [0.5, 0.6) is 0 Å². The van der Waals surface area contributed by atoms with Crippen molar-refractivity contribution in [2.24, 2.45) is 18.1 Å². The van der Waals surface area contributed by atoms with Gasteiger partial charge >= 0.3 is 5.82 Å². The summed E-state index contributed by atoms with van der Waals surface area (Å²) < 4.78 is 1.48. The molecule has 1 aliphatic carbocycles. The summed E-state index contributed by atoms with van der Waals surface area (Å²) in [6, 6.07) is 0. The fraction of sp³-hybridized carbons (Fsp3) is 0.667. The quantitative estimate of drug-likeness (QED) is 0.604. The summed E-state index contributed by atoms with van der Waals surface area (Å²) in [5.41, 5.74) is 0.766. The van der Waals surface area contributed by atoms with E-state index in [1.54, 1.807) is 7.05 Å². The van der Waals surface area contributed by atoms with E-state index in [1.165, 1.54) is 17.2 Å². The van der Waals surface area contributed by atoms with E-state index in [2.05, 4.69) is 10.1 Å². The summed E-state index contributed by atoms with van der Waals surface area (Å²) >= 11 is 0. The zero-order chi connectivity index (χ0) is 13.4. The lowest BCUT2D eigenvalue weighted by molar-refractivity contribution is -0.391. The SMILES string of the molecule is Cn1c([N+](=O)[O-])cnc1C1=NO[C@@H]2CCCCC[C@H]12. The van der Waals surface area contributed by atoms with Crippen molar-refractivity contribution in [1.29, 1.82) is 0 Å². The van der Waals surface area contributed by atoms with E-state index in [1.807, 2.05) is 0 Å². The molecule has 3 rings (SSSR count). The Morgan fingerprint density at radius 1 is 1.42 bits per heavy atom. The Kier molecular flexibility index (Phi) is 2.96. The first kappa shape index (κ1) is 12.1. The molecule has 0 spiro atoms. The van der Waals surface area contributed by atoms with Gasteiger partial charge in [0.15, 0.2) is 5.71 Å². The molecule has 0 radical (unpaired) electrons. The van der Waals surface area contributed by atoms with Gasteiger partial charge in [0.05, 0.1) is 13.0 Å². The van der Waals surface area contributed by atoms with Gasteiger partial charge in [-0.05, 0) is 24.2 Å². The monoisotopic (exact) mass is 264 g/mol. The number of oxime groups is 1. The van der Waals surface area contributed by atoms with E-state index in [0.717, 1.165) is 31.4 Å². The van der Waals surface area contributed by atoms with Gasteiger partial charge in [-0.3, -0.25) is 0 Å². The molecule has 0 unspecified atom stereocenters. The molecule has 0 saturated heterocycles. The van der Waals surface area contributed by atoms with Crippen LogP contribution in [0.4, 0.5) is 5.82 Å². The second-order valence-electron chi connectivity index (χ2n) is 5.12. The lowest BCUT2D eigenvalue weighted by Crippen LogP contribution is -2.24. The largest absolute Gasteiger partial charge is 0.391 e. The highest BCUT2D eigenvalue weighted by molar-refractivity contribution is 6.00. The van der Waals surface area contributed by atoms with Crippen LogP contribution >= 0.6 is 0 Å². The third-order valence-corrected chi connectivity index (χ3v) is 3.97. The van der Waals surface area contributed by atoms with E-state index in [9.17, 15) is 10.1 Å². The maximum Gasteiger partial charge on any atom is 0.342 e. The second-order valence-corrected chi connectivity index (χ2v) is 5.12. The number of rotatable bonds is 2. The van der Waals surface area contributed by atoms with Crippen molar-refractivity contribution >= 4 is 11.5 Å². The highest BCUT2D eigenvalue weighted by Gasteiger charge is 2.39. The maximum atomic E-state index is 10.9. The lowest BCUT2D eigenvalue weighted by atomic mass is 9.92. The van der Waals surface area contributed by atoms with Crippen LogP contribution in [0.3, 0.4) is 0 Å². The molecular formula is C12H16N4O3. The molecule has 1 aliphatic heterocycles. The molecule has 0 bridgehead atoms. The summed E-state index contributed by atoms with van der Waals surface area (Å²) in [7, 11) is 1.65. The first-order valence-corrected chi connectivity index (χ1v) is 6.58. The number of imidazole rings is 1. The van der Waals surface area contributed by atoms with Gasteiger partial charge in [-0.25, -0.2) is 9.55 Å². The molecule has 2 atom stereocenters.